The van der Waals surface area contributed by atoms with E-state index in [9.17, 15) is 0 Å². The second-order valence-electron chi connectivity index (χ2n) is 2.95. The van der Waals surface area contributed by atoms with Crippen molar-refractivity contribution in [2.75, 3.05) is 13.7 Å². The van der Waals surface area contributed by atoms with Crippen molar-refractivity contribution in [3.63, 3.8) is 0 Å². The quantitative estimate of drug-likeness (QED) is 0.729. The Labute approximate surface area is 77.4 Å². The van der Waals surface area contributed by atoms with Gasteiger partial charge in [0.25, 0.3) is 0 Å². The average molecular weight is 176 g/mol. The van der Waals surface area contributed by atoms with Crippen LogP contribution in [-0.2, 0) is 4.74 Å². The normalized spacial score (nSPS) is 21.0. The summed E-state index contributed by atoms with van der Waals surface area (Å²) in [5.41, 5.74) is 5.05. The highest BCUT2D eigenvalue weighted by Gasteiger charge is 2.21. The minimum absolute atomic E-state index is 0.0856. The lowest BCUT2D eigenvalue weighted by atomic mass is 10.1. The first-order chi connectivity index (χ1) is 6.42. The van der Waals surface area contributed by atoms with E-state index in [1.807, 2.05) is 30.3 Å². The molecule has 1 unspecified atom stereocenters. The van der Waals surface area contributed by atoms with Crippen LogP contribution >= 0.6 is 0 Å². The zero-order valence-corrected chi connectivity index (χ0v) is 7.53. The van der Waals surface area contributed by atoms with Crippen LogP contribution in [-0.4, -0.2) is 25.5 Å². The third-order valence-electron chi connectivity index (χ3n) is 2.14. The summed E-state index contributed by atoms with van der Waals surface area (Å²) >= 11 is 0. The maximum Gasteiger partial charge on any atom is 0.120 e. The van der Waals surface area contributed by atoms with Gasteiger partial charge in [0.15, 0.2) is 0 Å². The average Bonchev–Trinajstić information content (AvgIpc) is 2.67. The lowest BCUT2D eigenvalue weighted by Crippen LogP contribution is -2.24. The molecule has 1 aromatic rings. The Morgan fingerprint density at radius 3 is 2.85 bits per heavy atom. The Kier molecular flexibility index (Phi) is 2.27. The van der Waals surface area contributed by atoms with Gasteiger partial charge >= 0.3 is 0 Å². The summed E-state index contributed by atoms with van der Waals surface area (Å²) in [4.78, 5) is 0. The maximum atomic E-state index is 5.28. The molecule has 1 aromatic carbocycles. The molecular formula is C10H12N2O. The highest BCUT2D eigenvalue weighted by atomic mass is 16.5. The summed E-state index contributed by atoms with van der Waals surface area (Å²) < 4.78 is 5.28. The Bertz CT molecular complexity index is 308. The molecule has 1 heterocycles. The molecule has 1 atom stereocenters. The van der Waals surface area contributed by atoms with Crippen LogP contribution in [0.1, 0.15) is 5.56 Å². The predicted octanol–water partition coefficient (Wildman–Crippen LogP) is 1.01. The summed E-state index contributed by atoms with van der Waals surface area (Å²) in [6, 6.07) is 10.1. The smallest absolute Gasteiger partial charge is 0.120 e. The van der Waals surface area contributed by atoms with E-state index in [1.54, 1.807) is 7.11 Å². The van der Waals surface area contributed by atoms with E-state index in [1.165, 1.54) is 0 Å². The fourth-order valence-electron chi connectivity index (χ4n) is 1.44. The molecule has 0 fully saturated rings. The molecule has 2 rings (SSSR count). The fourth-order valence-corrected chi connectivity index (χ4v) is 1.44. The first-order valence-electron chi connectivity index (χ1n) is 4.30. The van der Waals surface area contributed by atoms with Crippen molar-refractivity contribution in [2.45, 2.75) is 6.10 Å². The van der Waals surface area contributed by atoms with E-state index < -0.39 is 0 Å². The lowest BCUT2D eigenvalue weighted by molar-refractivity contribution is 0.163. The zero-order chi connectivity index (χ0) is 9.10. The molecular weight excluding hydrogens is 164 g/mol. The molecule has 3 heteroatoms. The van der Waals surface area contributed by atoms with Gasteiger partial charge in [-0.3, -0.25) is 0 Å². The third-order valence-corrected chi connectivity index (χ3v) is 2.14. The van der Waals surface area contributed by atoms with Crippen LogP contribution in [0.5, 0.6) is 0 Å². The third kappa shape index (κ3) is 1.55. The van der Waals surface area contributed by atoms with Crippen molar-refractivity contribution in [3.8, 4) is 0 Å². The summed E-state index contributed by atoms with van der Waals surface area (Å²) in [6.45, 7) is 0.765. The molecule has 3 nitrogen and oxygen atoms in total. The fraction of sp³-hybridized carbons (Fsp3) is 0.300. The van der Waals surface area contributed by atoms with Gasteiger partial charge in [0.05, 0.1) is 12.3 Å². The van der Waals surface area contributed by atoms with Gasteiger partial charge in [-0.25, -0.2) is 0 Å². The van der Waals surface area contributed by atoms with Gasteiger partial charge in [-0.05, 0) is 0 Å². The highest BCUT2D eigenvalue weighted by molar-refractivity contribution is 6.04. The monoisotopic (exact) mass is 176 g/mol. The number of hydrazone groups is 1. The Hall–Kier alpha value is -1.35. The number of hydrogen-bond acceptors (Lipinski definition) is 3. The molecule has 1 aliphatic rings. The van der Waals surface area contributed by atoms with Gasteiger partial charge in [-0.2, -0.15) is 5.10 Å². The van der Waals surface area contributed by atoms with Crippen LogP contribution in [0, 0.1) is 0 Å². The maximum absolute atomic E-state index is 5.28. The van der Waals surface area contributed by atoms with E-state index in [4.69, 9.17) is 4.74 Å². The van der Waals surface area contributed by atoms with Crippen molar-refractivity contribution >= 4 is 5.71 Å². The molecule has 13 heavy (non-hydrogen) atoms. The van der Waals surface area contributed by atoms with Crippen LogP contribution in [0.4, 0.5) is 0 Å². The molecule has 0 spiro atoms. The van der Waals surface area contributed by atoms with Gasteiger partial charge < -0.3 is 10.2 Å². The summed E-state index contributed by atoms with van der Waals surface area (Å²) in [7, 11) is 1.70. The van der Waals surface area contributed by atoms with Crippen LogP contribution in [0.15, 0.2) is 35.4 Å². The van der Waals surface area contributed by atoms with Crippen LogP contribution in [0.25, 0.3) is 0 Å². The number of hydrogen-bond donors (Lipinski definition) is 1. The molecule has 68 valence electrons. The molecule has 0 amide bonds. The first-order valence-corrected chi connectivity index (χ1v) is 4.30. The molecule has 0 aromatic heterocycles. The zero-order valence-electron chi connectivity index (χ0n) is 7.53. The minimum atomic E-state index is 0.0856. The molecule has 1 N–H and O–H groups in total. The van der Waals surface area contributed by atoms with Crippen LogP contribution in [0.3, 0.4) is 0 Å². The Morgan fingerprint density at radius 2 is 2.15 bits per heavy atom. The second-order valence-corrected chi connectivity index (χ2v) is 2.95. The van der Waals surface area contributed by atoms with E-state index in [0.29, 0.717) is 0 Å². The van der Waals surface area contributed by atoms with Crippen molar-refractivity contribution in [2.24, 2.45) is 5.10 Å². The van der Waals surface area contributed by atoms with Crippen molar-refractivity contribution in [1.82, 2.24) is 5.43 Å². The number of rotatable bonds is 2. The molecule has 0 bridgehead atoms. The van der Waals surface area contributed by atoms with Gasteiger partial charge in [-0.1, -0.05) is 30.3 Å². The minimum Gasteiger partial charge on any atom is -0.373 e. The van der Waals surface area contributed by atoms with E-state index in [-0.39, 0.29) is 6.10 Å². The van der Waals surface area contributed by atoms with Gasteiger partial charge in [-0.15, -0.1) is 0 Å². The highest BCUT2D eigenvalue weighted by Crippen LogP contribution is 2.09. The van der Waals surface area contributed by atoms with Crippen LogP contribution in [0.2, 0.25) is 0 Å². The molecule has 1 aliphatic heterocycles. The van der Waals surface area contributed by atoms with Gasteiger partial charge in [0, 0.05) is 12.7 Å². The van der Waals surface area contributed by atoms with E-state index in [0.717, 1.165) is 17.8 Å². The van der Waals surface area contributed by atoms with Gasteiger partial charge in [0.1, 0.15) is 6.10 Å². The van der Waals surface area contributed by atoms with E-state index in [2.05, 4.69) is 10.5 Å². The standard InChI is InChI=1S/C10H12N2O/c1-13-9-7-11-12-10(9)8-5-3-2-4-6-8/h2-6,9,11H,7H2,1H3. The Morgan fingerprint density at radius 1 is 1.38 bits per heavy atom. The molecule has 0 saturated heterocycles. The SMILES string of the molecule is COC1CNN=C1c1ccccc1. The summed E-state index contributed by atoms with van der Waals surface area (Å²) in [6.07, 6.45) is 0.0856. The number of nitrogens with zero attached hydrogens (tertiary/aromatic N) is 1. The van der Waals surface area contributed by atoms with Crippen molar-refractivity contribution < 1.29 is 4.74 Å². The molecule has 0 aliphatic carbocycles. The topological polar surface area (TPSA) is 33.6 Å². The van der Waals surface area contributed by atoms with Crippen molar-refractivity contribution in [3.05, 3.63) is 35.9 Å². The first kappa shape index (κ1) is 8.26. The van der Waals surface area contributed by atoms with Crippen LogP contribution < -0.4 is 5.43 Å². The van der Waals surface area contributed by atoms with Gasteiger partial charge in [0.2, 0.25) is 0 Å². The Balaban J connectivity index is 2.26. The van der Waals surface area contributed by atoms with Crippen molar-refractivity contribution in [1.29, 1.82) is 0 Å². The lowest BCUT2D eigenvalue weighted by Gasteiger charge is -2.08. The van der Waals surface area contributed by atoms with E-state index >= 15 is 0 Å². The number of methoxy groups -OCH3 is 1. The second kappa shape index (κ2) is 3.58. The largest absolute Gasteiger partial charge is 0.373 e. The number of ether oxygens (including phenoxy) is 1. The number of benzene rings is 1. The number of nitrogens with one attached hydrogen (secondary N) is 1. The molecule has 0 saturated carbocycles. The summed E-state index contributed by atoms with van der Waals surface area (Å²) in [5, 5.41) is 4.20. The molecule has 0 radical (unpaired) electrons. The summed E-state index contributed by atoms with van der Waals surface area (Å²) in [5.74, 6) is 0. The predicted molar refractivity (Wildman–Crippen MR) is 51.8 cm³/mol.